The largest absolute Gasteiger partial charge is 0.345 e. The Balaban J connectivity index is 1.70. The Bertz CT molecular complexity index is 733. The molecule has 2 amide bonds. The van der Waals surface area contributed by atoms with Crippen molar-refractivity contribution in [2.24, 2.45) is 0 Å². The van der Waals surface area contributed by atoms with Crippen LogP contribution in [0.15, 0.2) is 53.4 Å². The van der Waals surface area contributed by atoms with Crippen LogP contribution in [0.25, 0.3) is 0 Å². The van der Waals surface area contributed by atoms with Gasteiger partial charge in [-0.15, -0.1) is 11.8 Å². The van der Waals surface area contributed by atoms with Crippen LogP contribution in [0.4, 0.5) is 5.69 Å². The van der Waals surface area contributed by atoms with E-state index in [1.54, 1.807) is 50.1 Å². The summed E-state index contributed by atoms with van der Waals surface area (Å²) in [6.07, 6.45) is 0.739. The van der Waals surface area contributed by atoms with Gasteiger partial charge in [-0.1, -0.05) is 24.3 Å². The summed E-state index contributed by atoms with van der Waals surface area (Å²) in [7, 11) is 3.42. The minimum atomic E-state index is -0.124. The summed E-state index contributed by atoms with van der Waals surface area (Å²) in [4.78, 5) is 27.2. The fraction of sp³-hybridized carbons (Fsp3) is 0.222. The highest BCUT2D eigenvalue weighted by atomic mass is 32.2. The van der Waals surface area contributed by atoms with Crippen molar-refractivity contribution in [3.8, 4) is 0 Å². The number of thioether (sulfide) groups is 1. The lowest BCUT2D eigenvalue weighted by Gasteiger charge is -2.13. The van der Waals surface area contributed by atoms with Crippen molar-refractivity contribution in [2.45, 2.75) is 16.6 Å². The summed E-state index contributed by atoms with van der Waals surface area (Å²) >= 11 is 1.59. The lowest BCUT2D eigenvalue weighted by molar-refractivity contribution is -0.115. The van der Waals surface area contributed by atoms with Gasteiger partial charge in [0.2, 0.25) is 5.91 Å². The van der Waals surface area contributed by atoms with E-state index in [1.165, 1.54) is 15.4 Å². The fourth-order valence-electron chi connectivity index (χ4n) is 2.54. The Kier molecular flexibility index (Phi) is 4.39. The number of carbonyl (C=O) groups is 2. The third-order valence-electron chi connectivity index (χ3n) is 3.72. The zero-order chi connectivity index (χ0) is 16.4. The predicted molar refractivity (Wildman–Crippen MR) is 92.9 cm³/mol. The predicted octanol–water partition coefficient (Wildman–Crippen LogP) is 3.04. The molecule has 2 aromatic rings. The van der Waals surface area contributed by atoms with E-state index >= 15 is 0 Å². The topological polar surface area (TPSA) is 49.4 Å². The Morgan fingerprint density at radius 2 is 1.91 bits per heavy atom. The fourth-order valence-corrected chi connectivity index (χ4v) is 3.73. The van der Waals surface area contributed by atoms with Crippen LogP contribution in [0.1, 0.15) is 15.9 Å². The molecule has 1 atom stereocenters. The van der Waals surface area contributed by atoms with Gasteiger partial charge < -0.3 is 10.2 Å². The molecule has 0 unspecified atom stereocenters. The van der Waals surface area contributed by atoms with Crippen LogP contribution in [0.5, 0.6) is 0 Å². The van der Waals surface area contributed by atoms with Gasteiger partial charge in [0.25, 0.3) is 5.91 Å². The molecule has 1 aliphatic rings. The number of amides is 2. The number of benzene rings is 2. The standard InChI is InChI=1S/C18H18N2O2S/c1-20(2)18(22)13-7-5-8-14(10-13)19-17(21)16-11-12-6-3-4-9-15(12)23-16/h3-10,16H,11H2,1-2H3,(H,19,21)/t16-/m1/s1. The molecule has 4 nitrogen and oxygen atoms in total. The number of hydrogen-bond donors (Lipinski definition) is 1. The summed E-state index contributed by atoms with van der Waals surface area (Å²) in [6, 6.07) is 15.1. The second kappa shape index (κ2) is 6.46. The molecule has 0 saturated carbocycles. The lowest BCUT2D eigenvalue weighted by atomic mass is 10.1. The molecule has 0 fully saturated rings. The van der Waals surface area contributed by atoms with E-state index < -0.39 is 0 Å². The second-order valence-electron chi connectivity index (χ2n) is 5.69. The number of hydrogen-bond acceptors (Lipinski definition) is 3. The first kappa shape index (κ1) is 15.6. The van der Waals surface area contributed by atoms with Gasteiger partial charge in [-0.2, -0.15) is 0 Å². The van der Waals surface area contributed by atoms with Gasteiger partial charge in [0.15, 0.2) is 0 Å². The first-order valence-corrected chi connectivity index (χ1v) is 8.29. The molecule has 23 heavy (non-hydrogen) atoms. The van der Waals surface area contributed by atoms with Crippen LogP contribution in [-0.4, -0.2) is 36.1 Å². The third-order valence-corrected chi connectivity index (χ3v) is 5.04. The number of carbonyl (C=O) groups excluding carboxylic acids is 2. The van der Waals surface area contributed by atoms with E-state index in [4.69, 9.17) is 0 Å². The number of nitrogens with zero attached hydrogens (tertiary/aromatic N) is 1. The average Bonchev–Trinajstić information content (AvgIpc) is 2.98. The molecule has 0 aliphatic carbocycles. The van der Waals surface area contributed by atoms with Crippen molar-refractivity contribution < 1.29 is 9.59 Å². The van der Waals surface area contributed by atoms with E-state index in [2.05, 4.69) is 11.4 Å². The van der Waals surface area contributed by atoms with Crippen molar-refractivity contribution >= 4 is 29.3 Å². The van der Waals surface area contributed by atoms with Crippen molar-refractivity contribution in [2.75, 3.05) is 19.4 Å². The molecule has 0 aromatic heterocycles. The lowest BCUT2D eigenvalue weighted by Crippen LogP contribution is -2.25. The maximum Gasteiger partial charge on any atom is 0.253 e. The summed E-state index contributed by atoms with van der Waals surface area (Å²) in [6.45, 7) is 0. The van der Waals surface area contributed by atoms with E-state index in [0.717, 1.165) is 6.42 Å². The first-order chi connectivity index (χ1) is 11.0. The first-order valence-electron chi connectivity index (χ1n) is 7.42. The summed E-state index contributed by atoms with van der Waals surface area (Å²) in [5, 5.41) is 2.80. The molecule has 5 heteroatoms. The zero-order valence-electron chi connectivity index (χ0n) is 13.1. The monoisotopic (exact) mass is 326 g/mol. The van der Waals surface area contributed by atoms with Crippen molar-refractivity contribution in [3.05, 3.63) is 59.7 Å². The molecule has 0 radical (unpaired) electrons. The third kappa shape index (κ3) is 3.40. The van der Waals surface area contributed by atoms with Gasteiger partial charge >= 0.3 is 0 Å². The molecule has 0 bridgehead atoms. The van der Waals surface area contributed by atoms with E-state index in [9.17, 15) is 9.59 Å². The highest BCUT2D eigenvalue weighted by Gasteiger charge is 2.28. The average molecular weight is 326 g/mol. The Morgan fingerprint density at radius 3 is 2.65 bits per heavy atom. The molecule has 3 rings (SSSR count). The molecule has 1 aliphatic heterocycles. The minimum absolute atomic E-state index is 0.0272. The molecule has 2 aromatic carbocycles. The Hall–Kier alpha value is -2.27. The summed E-state index contributed by atoms with van der Waals surface area (Å²) in [5.74, 6) is -0.107. The minimum Gasteiger partial charge on any atom is -0.345 e. The van der Waals surface area contributed by atoms with Gasteiger partial charge in [-0.3, -0.25) is 9.59 Å². The summed E-state index contributed by atoms with van der Waals surface area (Å²) in [5.41, 5.74) is 2.43. The summed E-state index contributed by atoms with van der Waals surface area (Å²) < 4.78 is 0. The van der Waals surface area contributed by atoms with Crippen LogP contribution >= 0.6 is 11.8 Å². The van der Waals surface area contributed by atoms with E-state index in [1.807, 2.05) is 18.2 Å². The van der Waals surface area contributed by atoms with Gasteiger partial charge in [-0.25, -0.2) is 0 Å². The molecule has 0 saturated heterocycles. The van der Waals surface area contributed by atoms with Gasteiger partial charge in [0.05, 0.1) is 5.25 Å². The highest BCUT2D eigenvalue weighted by Crippen LogP contribution is 2.37. The van der Waals surface area contributed by atoms with Crippen molar-refractivity contribution in [3.63, 3.8) is 0 Å². The number of nitrogens with one attached hydrogen (secondary N) is 1. The molecule has 118 valence electrons. The van der Waals surface area contributed by atoms with Crippen LogP contribution in [0.2, 0.25) is 0 Å². The van der Waals surface area contributed by atoms with Gasteiger partial charge in [0, 0.05) is 30.2 Å². The smallest absolute Gasteiger partial charge is 0.253 e. The van der Waals surface area contributed by atoms with Crippen LogP contribution in [0, 0.1) is 0 Å². The normalized spacial score (nSPS) is 15.8. The molecule has 1 heterocycles. The van der Waals surface area contributed by atoms with E-state index in [0.29, 0.717) is 11.3 Å². The molecular weight excluding hydrogens is 308 g/mol. The van der Waals surface area contributed by atoms with Gasteiger partial charge in [0.1, 0.15) is 0 Å². The number of anilines is 1. The number of rotatable bonds is 3. The maximum absolute atomic E-state index is 12.5. The van der Waals surface area contributed by atoms with Crippen LogP contribution in [-0.2, 0) is 11.2 Å². The van der Waals surface area contributed by atoms with Crippen LogP contribution < -0.4 is 5.32 Å². The van der Waals surface area contributed by atoms with E-state index in [-0.39, 0.29) is 17.1 Å². The second-order valence-corrected chi connectivity index (χ2v) is 6.93. The van der Waals surface area contributed by atoms with Crippen LogP contribution in [0.3, 0.4) is 0 Å². The Labute approximate surface area is 139 Å². The SMILES string of the molecule is CN(C)C(=O)c1cccc(NC(=O)[C@H]2Cc3ccccc3S2)c1. The maximum atomic E-state index is 12.5. The molecule has 1 N–H and O–H groups in total. The highest BCUT2D eigenvalue weighted by molar-refractivity contribution is 8.01. The van der Waals surface area contributed by atoms with Crippen molar-refractivity contribution in [1.82, 2.24) is 4.90 Å². The molecular formula is C18H18N2O2S. The van der Waals surface area contributed by atoms with Gasteiger partial charge in [-0.05, 0) is 36.2 Å². The quantitative estimate of drug-likeness (QED) is 0.943. The molecule has 0 spiro atoms. The Morgan fingerprint density at radius 1 is 1.13 bits per heavy atom. The van der Waals surface area contributed by atoms with Crippen molar-refractivity contribution in [1.29, 1.82) is 0 Å². The zero-order valence-corrected chi connectivity index (χ0v) is 13.9. The number of fused-ring (bicyclic) bond motifs is 1.